The number of carbonyl (C=O) groups is 1. The summed E-state index contributed by atoms with van der Waals surface area (Å²) in [4.78, 5) is 13.9. The highest BCUT2D eigenvalue weighted by Crippen LogP contribution is 2.29. The van der Waals surface area contributed by atoms with Gasteiger partial charge in [-0.3, -0.25) is 0 Å². The van der Waals surface area contributed by atoms with E-state index in [-0.39, 0.29) is 12.2 Å². The number of ether oxygens (including phenoxy) is 2. The number of methoxy groups -OCH3 is 1. The number of rotatable bonds is 13. The van der Waals surface area contributed by atoms with Crippen LogP contribution in [0.15, 0.2) is 91.0 Å². The van der Waals surface area contributed by atoms with Crippen LogP contribution in [0.2, 0.25) is 0 Å². The molecule has 41 heavy (non-hydrogen) atoms. The summed E-state index contributed by atoms with van der Waals surface area (Å²) >= 11 is 0. The second kappa shape index (κ2) is 13.9. The van der Waals surface area contributed by atoms with Crippen molar-refractivity contribution >= 4 is 11.7 Å². The number of hydrogen-bond acceptors (Lipinski definition) is 4. The van der Waals surface area contributed by atoms with E-state index < -0.39 is 5.97 Å². The molecule has 0 saturated heterocycles. The van der Waals surface area contributed by atoms with Crippen LogP contribution in [0.3, 0.4) is 0 Å². The van der Waals surface area contributed by atoms with Gasteiger partial charge in [-0.05, 0) is 109 Å². The van der Waals surface area contributed by atoms with E-state index in [4.69, 9.17) is 9.47 Å². The van der Waals surface area contributed by atoms with E-state index in [2.05, 4.69) is 93.3 Å². The van der Waals surface area contributed by atoms with Crippen molar-refractivity contribution < 1.29 is 19.4 Å². The van der Waals surface area contributed by atoms with Crippen LogP contribution < -0.4 is 14.4 Å². The summed E-state index contributed by atoms with van der Waals surface area (Å²) in [5.74, 6) is 0.834. The van der Waals surface area contributed by atoms with E-state index in [0.29, 0.717) is 23.5 Å². The van der Waals surface area contributed by atoms with Crippen LogP contribution in [0.5, 0.6) is 11.5 Å². The van der Waals surface area contributed by atoms with Crippen LogP contribution in [0.25, 0.3) is 11.1 Å². The van der Waals surface area contributed by atoms with Crippen molar-refractivity contribution in [3.63, 3.8) is 0 Å². The minimum absolute atomic E-state index is 0.174. The summed E-state index contributed by atoms with van der Waals surface area (Å²) in [5.41, 5.74) is 7.10. The maximum absolute atomic E-state index is 11.4. The first kappa shape index (κ1) is 29.7. The number of anilines is 1. The minimum atomic E-state index is -0.997. The Hall–Kier alpha value is -4.25. The lowest BCUT2D eigenvalue weighted by Crippen LogP contribution is -2.30. The molecule has 4 rings (SSSR count). The number of carboxylic acids is 1. The zero-order chi connectivity index (χ0) is 29.4. The molecule has 0 fully saturated rings. The Labute approximate surface area is 244 Å². The lowest BCUT2D eigenvalue weighted by Gasteiger charge is -2.30. The molecule has 5 heteroatoms. The quantitative estimate of drug-likeness (QED) is 0.180. The maximum Gasteiger partial charge on any atom is 0.335 e. The molecule has 1 N–H and O–H groups in total. The normalized spacial score (nSPS) is 11.1. The predicted octanol–water partition coefficient (Wildman–Crippen LogP) is 8.96. The SMILES string of the molecule is CCC(CC)c1ccc(N(Cc2cccc(-c3ccc(OCc4cc(OC)cc(C(=O)O)c4)cc3)c2)C(C)C)cc1. The Bertz CT molecular complexity index is 1420. The van der Waals surface area contributed by atoms with Gasteiger partial charge in [-0.25, -0.2) is 4.79 Å². The molecular weight excluding hydrogens is 510 g/mol. The largest absolute Gasteiger partial charge is 0.497 e. The third-order valence-corrected chi connectivity index (χ3v) is 7.63. The first-order valence-corrected chi connectivity index (χ1v) is 14.4. The number of carboxylic acid groups (broad SMARTS) is 1. The lowest BCUT2D eigenvalue weighted by molar-refractivity contribution is 0.0696. The highest BCUT2D eigenvalue weighted by Gasteiger charge is 2.14. The van der Waals surface area contributed by atoms with Crippen LogP contribution in [0, 0.1) is 0 Å². The molecule has 0 bridgehead atoms. The number of benzene rings is 4. The number of hydrogen-bond donors (Lipinski definition) is 1. The first-order chi connectivity index (χ1) is 19.8. The summed E-state index contributed by atoms with van der Waals surface area (Å²) in [6.45, 7) is 10.1. The monoisotopic (exact) mass is 551 g/mol. The van der Waals surface area contributed by atoms with Crippen molar-refractivity contribution in [2.75, 3.05) is 12.0 Å². The van der Waals surface area contributed by atoms with Gasteiger partial charge in [-0.15, -0.1) is 0 Å². The standard InChI is InChI=1S/C36H41NO4/c1-6-28(7-2)29-11-15-33(16-12-29)37(25(3)4)23-26-9-8-10-31(19-26)30-13-17-34(18-14-30)41-24-27-20-32(36(38)39)22-35(21-27)40-5/h8-22,25,28H,6-7,23-24H2,1-5H3,(H,38,39). The lowest BCUT2D eigenvalue weighted by atomic mass is 9.94. The van der Waals surface area contributed by atoms with Crippen LogP contribution in [-0.4, -0.2) is 24.2 Å². The Morgan fingerprint density at radius 2 is 1.51 bits per heavy atom. The Morgan fingerprint density at radius 1 is 0.805 bits per heavy atom. The summed E-state index contributed by atoms with van der Waals surface area (Å²) < 4.78 is 11.2. The molecular formula is C36H41NO4. The molecule has 0 radical (unpaired) electrons. The zero-order valence-corrected chi connectivity index (χ0v) is 24.8. The second-order valence-electron chi connectivity index (χ2n) is 10.7. The minimum Gasteiger partial charge on any atom is -0.497 e. The highest BCUT2D eigenvalue weighted by atomic mass is 16.5. The third kappa shape index (κ3) is 7.69. The average Bonchev–Trinajstić information content (AvgIpc) is 3.00. The van der Waals surface area contributed by atoms with Gasteiger partial charge in [0.2, 0.25) is 0 Å². The van der Waals surface area contributed by atoms with E-state index in [1.54, 1.807) is 12.1 Å². The van der Waals surface area contributed by atoms with Gasteiger partial charge < -0.3 is 19.5 Å². The summed E-state index contributed by atoms with van der Waals surface area (Å²) in [5, 5.41) is 9.35. The van der Waals surface area contributed by atoms with E-state index >= 15 is 0 Å². The molecule has 0 aromatic heterocycles. The van der Waals surface area contributed by atoms with Gasteiger partial charge in [0.1, 0.15) is 18.1 Å². The van der Waals surface area contributed by atoms with Crippen LogP contribution in [0.1, 0.15) is 73.5 Å². The van der Waals surface area contributed by atoms with Gasteiger partial charge in [-0.2, -0.15) is 0 Å². The molecule has 0 atom stereocenters. The highest BCUT2D eigenvalue weighted by molar-refractivity contribution is 5.88. The maximum atomic E-state index is 11.4. The van der Waals surface area contributed by atoms with Gasteiger partial charge in [0.15, 0.2) is 0 Å². The molecule has 214 valence electrons. The Kier molecular flexibility index (Phi) is 10.1. The molecule has 0 heterocycles. The summed E-state index contributed by atoms with van der Waals surface area (Å²) in [6, 6.07) is 31.1. The van der Waals surface area contributed by atoms with Crippen molar-refractivity contribution in [1.82, 2.24) is 0 Å². The van der Waals surface area contributed by atoms with Gasteiger partial charge in [-0.1, -0.05) is 56.3 Å². The fourth-order valence-electron chi connectivity index (χ4n) is 5.21. The fourth-order valence-corrected chi connectivity index (χ4v) is 5.21. The molecule has 0 aliphatic carbocycles. The van der Waals surface area contributed by atoms with E-state index in [1.165, 1.54) is 42.8 Å². The molecule has 4 aromatic rings. The van der Waals surface area contributed by atoms with Gasteiger partial charge in [0.05, 0.1) is 12.7 Å². The second-order valence-corrected chi connectivity index (χ2v) is 10.7. The fraction of sp³-hybridized carbons (Fsp3) is 0.306. The predicted molar refractivity (Wildman–Crippen MR) is 167 cm³/mol. The van der Waals surface area contributed by atoms with Crippen molar-refractivity contribution in [2.24, 2.45) is 0 Å². The summed E-state index contributed by atoms with van der Waals surface area (Å²) in [7, 11) is 1.52. The molecule has 0 spiro atoms. The Morgan fingerprint density at radius 3 is 2.12 bits per heavy atom. The average molecular weight is 552 g/mol. The van der Waals surface area contributed by atoms with Crippen molar-refractivity contribution in [2.45, 2.75) is 65.6 Å². The molecule has 0 aliphatic heterocycles. The van der Waals surface area contributed by atoms with Crippen molar-refractivity contribution in [3.05, 3.63) is 113 Å². The van der Waals surface area contributed by atoms with Gasteiger partial charge >= 0.3 is 5.97 Å². The van der Waals surface area contributed by atoms with E-state index in [0.717, 1.165) is 23.2 Å². The molecule has 4 aromatic carbocycles. The summed E-state index contributed by atoms with van der Waals surface area (Å²) in [6.07, 6.45) is 2.33. The molecule has 0 aliphatic rings. The van der Waals surface area contributed by atoms with Crippen molar-refractivity contribution in [1.29, 1.82) is 0 Å². The number of aromatic carboxylic acids is 1. The van der Waals surface area contributed by atoms with Crippen LogP contribution >= 0.6 is 0 Å². The van der Waals surface area contributed by atoms with Crippen LogP contribution in [-0.2, 0) is 13.2 Å². The smallest absolute Gasteiger partial charge is 0.335 e. The number of nitrogens with zero attached hydrogens (tertiary/aromatic N) is 1. The zero-order valence-electron chi connectivity index (χ0n) is 24.8. The van der Waals surface area contributed by atoms with Crippen LogP contribution in [0.4, 0.5) is 5.69 Å². The van der Waals surface area contributed by atoms with E-state index in [1.807, 2.05) is 12.1 Å². The topological polar surface area (TPSA) is 59.0 Å². The molecule has 0 amide bonds. The van der Waals surface area contributed by atoms with Gasteiger partial charge in [0.25, 0.3) is 0 Å². The third-order valence-electron chi connectivity index (χ3n) is 7.63. The molecule has 5 nitrogen and oxygen atoms in total. The molecule has 0 saturated carbocycles. The Balaban J connectivity index is 1.45. The van der Waals surface area contributed by atoms with Crippen molar-refractivity contribution in [3.8, 4) is 22.6 Å². The first-order valence-electron chi connectivity index (χ1n) is 14.4. The molecule has 0 unspecified atom stereocenters. The van der Waals surface area contributed by atoms with E-state index in [9.17, 15) is 9.90 Å². The van der Waals surface area contributed by atoms with Gasteiger partial charge in [0, 0.05) is 18.3 Å².